The summed E-state index contributed by atoms with van der Waals surface area (Å²) in [6.07, 6.45) is 7.61. The molecule has 0 saturated heterocycles. The summed E-state index contributed by atoms with van der Waals surface area (Å²) in [6, 6.07) is 5.92. The van der Waals surface area contributed by atoms with Gasteiger partial charge >= 0.3 is 0 Å². The minimum atomic E-state index is -0.317. The number of ether oxygens (including phenoxy) is 2. The van der Waals surface area contributed by atoms with E-state index in [2.05, 4.69) is 6.07 Å². The maximum atomic E-state index is 12.9. The van der Waals surface area contributed by atoms with Gasteiger partial charge in [0.15, 0.2) is 5.78 Å². The molecule has 21 heavy (non-hydrogen) atoms. The van der Waals surface area contributed by atoms with Crippen molar-refractivity contribution in [2.75, 3.05) is 13.7 Å². The molecular weight excluding hydrogens is 264 g/mol. The minimum Gasteiger partial charge on any atom is -0.493 e. The highest BCUT2D eigenvalue weighted by atomic mass is 16.5. The van der Waals surface area contributed by atoms with Gasteiger partial charge in [0.2, 0.25) is 0 Å². The third-order valence-electron chi connectivity index (χ3n) is 4.79. The second-order valence-electron chi connectivity index (χ2n) is 6.16. The van der Waals surface area contributed by atoms with Crippen molar-refractivity contribution in [1.82, 2.24) is 0 Å². The fourth-order valence-electron chi connectivity index (χ4n) is 3.69. The Morgan fingerprint density at radius 3 is 2.81 bits per heavy atom. The van der Waals surface area contributed by atoms with E-state index in [0.29, 0.717) is 18.1 Å². The van der Waals surface area contributed by atoms with Gasteiger partial charge in [0.05, 0.1) is 12.2 Å². The lowest BCUT2D eigenvalue weighted by molar-refractivity contribution is 0.0311. The number of carbonyl (C=O) groups is 1. The number of ketones is 1. The van der Waals surface area contributed by atoms with Gasteiger partial charge in [0.1, 0.15) is 11.9 Å². The lowest BCUT2D eigenvalue weighted by atomic mass is 9.82. The van der Waals surface area contributed by atoms with E-state index in [-0.39, 0.29) is 11.9 Å². The van der Waals surface area contributed by atoms with E-state index >= 15 is 0 Å². The standard InChI is InChI=1S/C18H24O3/c1-20-18(14-7-3-2-4-8-14)16(19)15-11-5-9-13-10-6-12-21-17(13)15/h5,9,11,14,18H,2-4,6-8,10,12H2,1H3. The summed E-state index contributed by atoms with van der Waals surface area (Å²) in [4.78, 5) is 12.9. The summed E-state index contributed by atoms with van der Waals surface area (Å²) in [5, 5.41) is 0. The third kappa shape index (κ3) is 2.98. The molecule has 1 saturated carbocycles. The number of hydrogen-bond donors (Lipinski definition) is 0. The number of fused-ring (bicyclic) bond motifs is 1. The fraction of sp³-hybridized carbons (Fsp3) is 0.611. The Kier molecular flexibility index (Phi) is 4.59. The topological polar surface area (TPSA) is 35.5 Å². The molecule has 0 aromatic heterocycles. The van der Waals surface area contributed by atoms with Crippen molar-refractivity contribution in [3.8, 4) is 5.75 Å². The molecule has 0 radical (unpaired) electrons. The fourth-order valence-corrected chi connectivity index (χ4v) is 3.69. The Bertz CT molecular complexity index is 503. The lowest BCUT2D eigenvalue weighted by Gasteiger charge is -2.29. The van der Waals surface area contributed by atoms with Crippen LogP contribution in [0, 0.1) is 5.92 Å². The van der Waals surface area contributed by atoms with Crippen molar-refractivity contribution < 1.29 is 14.3 Å². The molecule has 2 aliphatic rings. The summed E-state index contributed by atoms with van der Waals surface area (Å²) < 4.78 is 11.4. The van der Waals surface area contributed by atoms with Crippen LogP contribution in [0.25, 0.3) is 0 Å². The first-order valence-electron chi connectivity index (χ1n) is 8.13. The summed E-state index contributed by atoms with van der Waals surface area (Å²) >= 11 is 0. The number of Topliss-reactive ketones (excluding diaryl/α,β-unsaturated/α-hetero) is 1. The van der Waals surface area contributed by atoms with Crippen LogP contribution in [-0.2, 0) is 11.2 Å². The average molecular weight is 288 g/mol. The molecule has 0 amide bonds. The van der Waals surface area contributed by atoms with Crippen LogP contribution in [0.1, 0.15) is 54.4 Å². The highest BCUT2D eigenvalue weighted by Gasteiger charge is 2.32. The third-order valence-corrected chi connectivity index (χ3v) is 4.79. The number of rotatable bonds is 4. The van der Waals surface area contributed by atoms with Crippen molar-refractivity contribution in [3.05, 3.63) is 29.3 Å². The second-order valence-corrected chi connectivity index (χ2v) is 6.16. The molecule has 1 aromatic rings. The van der Waals surface area contributed by atoms with Gasteiger partial charge in [0, 0.05) is 7.11 Å². The zero-order chi connectivity index (χ0) is 14.7. The molecule has 1 heterocycles. The van der Waals surface area contributed by atoms with Crippen LogP contribution >= 0.6 is 0 Å². The predicted octanol–water partition coefficient (Wildman–Crippen LogP) is 3.79. The average Bonchev–Trinajstić information content (AvgIpc) is 2.56. The molecule has 1 unspecified atom stereocenters. The van der Waals surface area contributed by atoms with Crippen LogP contribution in [0.2, 0.25) is 0 Å². The number of para-hydroxylation sites is 1. The first kappa shape index (κ1) is 14.6. The molecule has 0 bridgehead atoms. The minimum absolute atomic E-state index is 0.100. The molecule has 114 valence electrons. The molecule has 1 fully saturated rings. The van der Waals surface area contributed by atoms with E-state index in [1.165, 1.54) is 19.3 Å². The first-order valence-corrected chi connectivity index (χ1v) is 8.13. The quantitative estimate of drug-likeness (QED) is 0.791. The molecule has 3 nitrogen and oxygen atoms in total. The Balaban J connectivity index is 1.86. The number of carbonyl (C=O) groups excluding carboxylic acids is 1. The van der Waals surface area contributed by atoms with Crippen molar-refractivity contribution in [2.24, 2.45) is 5.92 Å². The number of benzene rings is 1. The Morgan fingerprint density at radius 1 is 1.24 bits per heavy atom. The summed E-state index contributed by atoms with van der Waals surface area (Å²) in [5.74, 6) is 1.26. The molecule has 1 aromatic carbocycles. The molecule has 3 rings (SSSR count). The van der Waals surface area contributed by atoms with Gasteiger partial charge in [-0.25, -0.2) is 0 Å². The van der Waals surface area contributed by atoms with E-state index in [1.54, 1.807) is 7.11 Å². The van der Waals surface area contributed by atoms with Crippen LogP contribution < -0.4 is 4.74 Å². The largest absolute Gasteiger partial charge is 0.493 e. The SMILES string of the molecule is COC(C(=O)c1cccc2c1OCCC2)C1CCCCC1. The second kappa shape index (κ2) is 6.61. The maximum absolute atomic E-state index is 12.9. The van der Waals surface area contributed by atoms with E-state index < -0.39 is 0 Å². The predicted molar refractivity (Wildman–Crippen MR) is 82.0 cm³/mol. The Labute approximate surface area is 126 Å². The van der Waals surface area contributed by atoms with Gasteiger partial charge in [0.25, 0.3) is 0 Å². The highest BCUT2D eigenvalue weighted by Crippen LogP contribution is 2.34. The summed E-state index contributed by atoms with van der Waals surface area (Å²) in [6.45, 7) is 0.707. The van der Waals surface area contributed by atoms with Crippen molar-refractivity contribution in [1.29, 1.82) is 0 Å². The van der Waals surface area contributed by atoms with Gasteiger partial charge < -0.3 is 9.47 Å². The summed E-state index contributed by atoms with van der Waals surface area (Å²) in [5.41, 5.74) is 1.87. The molecule has 0 N–H and O–H groups in total. The molecule has 3 heteroatoms. The van der Waals surface area contributed by atoms with Gasteiger partial charge in [-0.2, -0.15) is 0 Å². The van der Waals surface area contributed by atoms with E-state index in [4.69, 9.17) is 9.47 Å². The first-order chi connectivity index (χ1) is 10.3. The van der Waals surface area contributed by atoms with Gasteiger partial charge in [-0.3, -0.25) is 4.79 Å². The van der Waals surface area contributed by atoms with Gasteiger partial charge in [-0.05, 0) is 43.2 Å². The lowest BCUT2D eigenvalue weighted by Crippen LogP contribution is -2.33. The van der Waals surface area contributed by atoms with Crippen LogP contribution in [0.5, 0.6) is 5.75 Å². The Hall–Kier alpha value is -1.35. The smallest absolute Gasteiger partial charge is 0.195 e. The van der Waals surface area contributed by atoms with Crippen molar-refractivity contribution >= 4 is 5.78 Å². The summed E-state index contributed by atoms with van der Waals surface area (Å²) in [7, 11) is 1.66. The zero-order valence-electron chi connectivity index (χ0n) is 12.8. The van der Waals surface area contributed by atoms with Crippen molar-refractivity contribution in [3.63, 3.8) is 0 Å². The number of methoxy groups -OCH3 is 1. The maximum Gasteiger partial charge on any atom is 0.195 e. The monoisotopic (exact) mass is 288 g/mol. The normalized spacial score (nSPS) is 20.4. The van der Waals surface area contributed by atoms with Gasteiger partial charge in [-0.1, -0.05) is 31.4 Å². The highest BCUT2D eigenvalue weighted by molar-refractivity contribution is 6.02. The molecular formula is C18H24O3. The van der Waals surface area contributed by atoms with E-state index in [0.717, 1.165) is 37.0 Å². The molecule has 1 aliphatic carbocycles. The number of aryl methyl sites for hydroxylation is 1. The van der Waals surface area contributed by atoms with Crippen LogP contribution in [0.15, 0.2) is 18.2 Å². The molecule has 1 aliphatic heterocycles. The van der Waals surface area contributed by atoms with Crippen LogP contribution in [0.4, 0.5) is 0 Å². The van der Waals surface area contributed by atoms with E-state index in [1.807, 2.05) is 12.1 Å². The Morgan fingerprint density at radius 2 is 2.05 bits per heavy atom. The van der Waals surface area contributed by atoms with Crippen molar-refractivity contribution in [2.45, 2.75) is 51.0 Å². The zero-order valence-corrected chi connectivity index (χ0v) is 12.8. The molecule has 0 spiro atoms. The number of hydrogen-bond acceptors (Lipinski definition) is 3. The van der Waals surface area contributed by atoms with E-state index in [9.17, 15) is 4.79 Å². The molecule has 1 atom stereocenters. The van der Waals surface area contributed by atoms with Crippen LogP contribution in [-0.4, -0.2) is 25.6 Å². The van der Waals surface area contributed by atoms with Gasteiger partial charge in [-0.15, -0.1) is 0 Å². The van der Waals surface area contributed by atoms with Crippen LogP contribution in [0.3, 0.4) is 0 Å².